The second-order valence-corrected chi connectivity index (χ2v) is 7.23. The van der Waals surface area contributed by atoms with Crippen molar-refractivity contribution in [3.05, 3.63) is 0 Å². The van der Waals surface area contributed by atoms with Gasteiger partial charge in [-0.3, -0.25) is 4.99 Å². The molecule has 0 radical (unpaired) electrons. The predicted octanol–water partition coefficient (Wildman–Crippen LogP) is 3.39. The summed E-state index contributed by atoms with van der Waals surface area (Å²) in [7, 11) is 0. The van der Waals surface area contributed by atoms with Crippen LogP contribution in [0.5, 0.6) is 0 Å². The summed E-state index contributed by atoms with van der Waals surface area (Å²) in [5.41, 5.74) is 0.352. The maximum absolute atomic E-state index is 4.69. The molecule has 0 aliphatic carbocycles. The molecule has 0 aromatic rings. The number of hydrogen-bond acceptors (Lipinski definition) is 2. The van der Waals surface area contributed by atoms with Crippen molar-refractivity contribution in [3.8, 4) is 0 Å². The van der Waals surface area contributed by atoms with E-state index in [9.17, 15) is 0 Å². The number of nitrogens with one attached hydrogen (secondary N) is 1. The summed E-state index contributed by atoms with van der Waals surface area (Å²) in [5, 5.41) is 4.66. The molecule has 0 spiro atoms. The lowest BCUT2D eigenvalue weighted by atomic mass is 9.82. The van der Waals surface area contributed by atoms with Gasteiger partial charge in [-0.05, 0) is 17.3 Å². The summed E-state index contributed by atoms with van der Waals surface area (Å²) < 4.78 is 0. The summed E-state index contributed by atoms with van der Waals surface area (Å²) in [6.45, 7) is 14.6. The van der Waals surface area contributed by atoms with Crippen LogP contribution >= 0.6 is 11.8 Å². The first-order chi connectivity index (χ1) is 7.30. The highest BCUT2D eigenvalue weighted by molar-refractivity contribution is 8.14. The van der Waals surface area contributed by atoms with Gasteiger partial charge in [0.25, 0.3) is 0 Å². The van der Waals surface area contributed by atoms with Crippen molar-refractivity contribution in [2.45, 2.75) is 47.6 Å². The van der Waals surface area contributed by atoms with Crippen LogP contribution in [-0.4, -0.2) is 23.5 Å². The van der Waals surface area contributed by atoms with Crippen molar-refractivity contribution >= 4 is 16.9 Å². The lowest BCUT2D eigenvalue weighted by Crippen LogP contribution is -2.32. The lowest BCUT2D eigenvalue weighted by molar-refractivity contribution is 0.269. The number of thioether (sulfide) groups is 1. The van der Waals surface area contributed by atoms with Crippen molar-refractivity contribution in [1.29, 1.82) is 0 Å². The van der Waals surface area contributed by atoms with E-state index in [1.165, 1.54) is 5.75 Å². The quantitative estimate of drug-likeness (QED) is 0.820. The first-order valence-electron chi connectivity index (χ1n) is 6.24. The molecule has 0 saturated carbocycles. The molecule has 2 atom stereocenters. The van der Waals surface area contributed by atoms with Gasteiger partial charge >= 0.3 is 0 Å². The second-order valence-electron chi connectivity index (χ2n) is 6.22. The molecule has 1 saturated heterocycles. The fraction of sp³-hybridized carbons (Fsp3) is 0.923. The molecule has 0 aromatic heterocycles. The first-order valence-corrected chi connectivity index (χ1v) is 7.23. The van der Waals surface area contributed by atoms with Crippen molar-refractivity contribution in [2.24, 2.45) is 22.2 Å². The molecule has 1 N–H and O–H groups in total. The molecule has 0 amide bonds. The van der Waals surface area contributed by atoms with Crippen LogP contribution in [0.2, 0.25) is 0 Å². The molecular formula is C13H26N2S. The first kappa shape index (κ1) is 13.9. The zero-order valence-electron chi connectivity index (χ0n) is 11.5. The van der Waals surface area contributed by atoms with E-state index in [0.717, 1.165) is 11.7 Å². The van der Waals surface area contributed by atoms with Gasteiger partial charge in [0.2, 0.25) is 0 Å². The molecule has 2 unspecified atom stereocenters. The summed E-state index contributed by atoms with van der Waals surface area (Å²) in [4.78, 5) is 4.69. The Kier molecular flexibility index (Phi) is 4.72. The number of aliphatic imine (C=N–C) groups is 1. The van der Waals surface area contributed by atoms with Gasteiger partial charge in [-0.25, -0.2) is 0 Å². The minimum Gasteiger partial charge on any atom is -0.361 e. The highest BCUT2D eigenvalue weighted by Crippen LogP contribution is 2.26. The fourth-order valence-electron chi connectivity index (χ4n) is 1.35. The van der Waals surface area contributed by atoms with E-state index in [4.69, 9.17) is 4.99 Å². The number of hydrogen-bond donors (Lipinski definition) is 1. The monoisotopic (exact) mass is 242 g/mol. The number of nitrogens with zero attached hydrogens (tertiary/aromatic N) is 1. The maximum atomic E-state index is 4.69. The van der Waals surface area contributed by atoms with Crippen LogP contribution in [0, 0.1) is 17.3 Å². The molecule has 1 aliphatic rings. The van der Waals surface area contributed by atoms with E-state index in [2.05, 4.69) is 46.9 Å². The Balaban J connectivity index is 2.43. The molecule has 1 heterocycles. The van der Waals surface area contributed by atoms with Crippen LogP contribution in [0.15, 0.2) is 4.99 Å². The predicted molar refractivity (Wildman–Crippen MR) is 75.1 cm³/mol. The fourth-order valence-corrected chi connectivity index (χ4v) is 2.56. The molecule has 0 bridgehead atoms. The smallest absolute Gasteiger partial charge is 0.156 e. The average Bonchev–Trinajstić information content (AvgIpc) is 2.60. The van der Waals surface area contributed by atoms with Crippen LogP contribution < -0.4 is 5.32 Å². The number of rotatable bonds is 3. The van der Waals surface area contributed by atoms with Crippen LogP contribution in [0.25, 0.3) is 0 Å². The van der Waals surface area contributed by atoms with Gasteiger partial charge in [0.05, 0.1) is 0 Å². The SMILES string of the molecule is CC(C)C1CSC(=NCC(C)C(C)(C)C)N1. The second kappa shape index (κ2) is 5.44. The Morgan fingerprint density at radius 3 is 2.44 bits per heavy atom. The van der Waals surface area contributed by atoms with Crippen molar-refractivity contribution in [2.75, 3.05) is 12.3 Å². The third-order valence-electron chi connectivity index (χ3n) is 3.50. The normalized spacial score (nSPS) is 26.2. The molecule has 0 aromatic carbocycles. The third kappa shape index (κ3) is 4.00. The van der Waals surface area contributed by atoms with Gasteiger partial charge in [0.15, 0.2) is 5.17 Å². The van der Waals surface area contributed by atoms with E-state index in [0.29, 0.717) is 23.3 Å². The summed E-state index contributed by atoms with van der Waals surface area (Å²) in [5.74, 6) is 2.49. The van der Waals surface area contributed by atoms with Gasteiger partial charge < -0.3 is 5.32 Å². The Morgan fingerprint density at radius 2 is 2.00 bits per heavy atom. The van der Waals surface area contributed by atoms with Gasteiger partial charge in [0.1, 0.15) is 0 Å². The van der Waals surface area contributed by atoms with E-state index in [1.54, 1.807) is 0 Å². The zero-order valence-corrected chi connectivity index (χ0v) is 12.3. The van der Waals surface area contributed by atoms with Gasteiger partial charge in [-0.1, -0.05) is 53.3 Å². The highest BCUT2D eigenvalue weighted by Gasteiger charge is 2.24. The highest BCUT2D eigenvalue weighted by atomic mass is 32.2. The largest absolute Gasteiger partial charge is 0.361 e. The minimum absolute atomic E-state index is 0.352. The molecular weight excluding hydrogens is 216 g/mol. The Bertz CT molecular complexity index is 253. The summed E-state index contributed by atoms with van der Waals surface area (Å²) >= 11 is 1.87. The standard InChI is InChI=1S/C13H26N2S/c1-9(2)11-8-16-12(15-11)14-7-10(3)13(4,5)6/h9-11H,7-8H2,1-6H3,(H,14,15). The summed E-state index contributed by atoms with van der Waals surface area (Å²) in [6.07, 6.45) is 0. The van der Waals surface area contributed by atoms with Crippen molar-refractivity contribution in [1.82, 2.24) is 5.32 Å². The average molecular weight is 242 g/mol. The molecule has 1 aliphatic heterocycles. The third-order valence-corrected chi connectivity index (χ3v) is 4.55. The van der Waals surface area contributed by atoms with Crippen molar-refractivity contribution in [3.63, 3.8) is 0 Å². The van der Waals surface area contributed by atoms with E-state index in [-0.39, 0.29) is 0 Å². The summed E-state index contributed by atoms with van der Waals surface area (Å²) in [6, 6.07) is 0.605. The lowest BCUT2D eigenvalue weighted by Gasteiger charge is -2.25. The van der Waals surface area contributed by atoms with Crippen molar-refractivity contribution < 1.29 is 0 Å². The molecule has 16 heavy (non-hydrogen) atoms. The Labute approximate surface area is 105 Å². The Hall–Kier alpha value is -0.180. The van der Waals surface area contributed by atoms with Gasteiger partial charge in [-0.2, -0.15) is 0 Å². The zero-order chi connectivity index (χ0) is 12.3. The maximum Gasteiger partial charge on any atom is 0.156 e. The van der Waals surface area contributed by atoms with Gasteiger partial charge in [-0.15, -0.1) is 0 Å². The van der Waals surface area contributed by atoms with Crippen LogP contribution in [0.4, 0.5) is 0 Å². The van der Waals surface area contributed by atoms with Crippen LogP contribution in [-0.2, 0) is 0 Å². The van der Waals surface area contributed by atoms with Crippen LogP contribution in [0.1, 0.15) is 41.5 Å². The molecule has 1 rings (SSSR count). The Morgan fingerprint density at radius 1 is 1.38 bits per heavy atom. The molecule has 94 valence electrons. The van der Waals surface area contributed by atoms with Crippen LogP contribution in [0.3, 0.4) is 0 Å². The topological polar surface area (TPSA) is 24.4 Å². The van der Waals surface area contributed by atoms with E-state index >= 15 is 0 Å². The van der Waals surface area contributed by atoms with E-state index < -0.39 is 0 Å². The minimum atomic E-state index is 0.352. The number of amidine groups is 1. The van der Waals surface area contributed by atoms with Gasteiger partial charge in [0, 0.05) is 18.3 Å². The molecule has 1 fully saturated rings. The molecule has 2 nitrogen and oxygen atoms in total. The van der Waals surface area contributed by atoms with E-state index in [1.807, 2.05) is 11.8 Å². The molecule has 3 heteroatoms.